The Bertz CT molecular complexity index is 651. The molecule has 0 saturated carbocycles. The number of pyridine rings is 1. The number of benzene rings is 1. The van der Waals surface area contributed by atoms with Crippen molar-refractivity contribution in [2.45, 2.75) is 32.7 Å². The number of rotatable bonds is 5. The van der Waals surface area contributed by atoms with Gasteiger partial charge in [0.1, 0.15) is 5.03 Å². The summed E-state index contributed by atoms with van der Waals surface area (Å²) in [5.41, 5.74) is 3.33. The Hall–Kier alpha value is -1.55. The molecule has 1 heterocycles. The minimum atomic E-state index is 0.177. The lowest BCUT2D eigenvalue weighted by molar-refractivity contribution is -0.127. The third-order valence-electron chi connectivity index (χ3n) is 3.64. The maximum atomic E-state index is 12.1. The first-order valence-corrected chi connectivity index (χ1v) is 8.32. The van der Waals surface area contributed by atoms with Crippen LogP contribution in [-0.4, -0.2) is 34.6 Å². The average Bonchev–Trinajstić information content (AvgIpc) is 2.47. The Balaban J connectivity index is 2.21. The van der Waals surface area contributed by atoms with Crippen molar-refractivity contribution >= 4 is 28.6 Å². The van der Waals surface area contributed by atoms with Gasteiger partial charge in [0, 0.05) is 18.5 Å². The lowest BCUT2D eigenvalue weighted by Crippen LogP contribution is -2.31. The first kappa shape index (κ1) is 15.8. The highest BCUT2D eigenvalue weighted by Gasteiger charge is 2.12. The Morgan fingerprint density at radius 1 is 1.19 bits per heavy atom. The molecule has 0 unspecified atom stereocenters. The lowest BCUT2D eigenvalue weighted by Gasteiger charge is -2.18. The summed E-state index contributed by atoms with van der Waals surface area (Å²) in [6, 6.07) is 8.35. The van der Waals surface area contributed by atoms with E-state index in [0.29, 0.717) is 5.75 Å². The highest BCUT2D eigenvalue weighted by atomic mass is 32.2. The van der Waals surface area contributed by atoms with Gasteiger partial charge < -0.3 is 4.90 Å². The van der Waals surface area contributed by atoms with Crippen LogP contribution in [0.5, 0.6) is 0 Å². The fourth-order valence-electron chi connectivity index (χ4n) is 2.38. The van der Waals surface area contributed by atoms with Crippen LogP contribution in [0.3, 0.4) is 0 Å². The summed E-state index contributed by atoms with van der Waals surface area (Å²) >= 11 is 1.54. The maximum Gasteiger partial charge on any atom is 0.232 e. The SMILES string of the molecule is CCN(CC)C(=O)CSc1nc2c(C)cccc2cc1C. The topological polar surface area (TPSA) is 33.2 Å². The third kappa shape index (κ3) is 3.56. The van der Waals surface area contributed by atoms with Crippen molar-refractivity contribution < 1.29 is 4.79 Å². The van der Waals surface area contributed by atoms with Crippen LogP contribution < -0.4 is 0 Å². The van der Waals surface area contributed by atoms with E-state index >= 15 is 0 Å². The van der Waals surface area contributed by atoms with E-state index in [4.69, 9.17) is 4.98 Å². The summed E-state index contributed by atoms with van der Waals surface area (Å²) < 4.78 is 0. The summed E-state index contributed by atoms with van der Waals surface area (Å²) in [7, 11) is 0. The molecule has 1 aromatic carbocycles. The molecule has 0 aliphatic carbocycles. The number of carbonyl (C=O) groups is 1. The minimum absolute atomic E-state index is 0.177. The van der Waals surface area contributed by atoms with E-state index in [9.17, 15) is 4.79 Å². The molecule has 4 heteroatoms. The number of nitrogens with zero attached hydrogens (tertiary/aromatic N) is 2. The number of aryl methyl sites for hydroxylation is 2. The van der Waals surface area contributed by atoms with Gasteiger partial charge in [0.25, 0.3) is 0 Å². The molecule has 112 valence electrons. The molecule has 0 fully saturated rings. The van der Waals surface area contributed by atoms with Gasteiger partial charge in [-0.15, -0.1) is 0 Å². The van der Waals surface area contributed by atoms with Gasteiger partial charge in [0.2, 0.25) is 5.91 Å². The average molecular weight is 302 g/mol. The maximum absolute atomic E-state index is 12.1. The second-order valence-electron chi connectivity index (χ2n) is 5.11. The van der Waals surface area contributed by atoms with Gasteiger partial charge in [-0.2, -0.15) is 0 Å². The molecule has 1 aromatic heterocycles. The zero-order valence-corrected chi connectivity index (χ0v) is 14.0. The number of thioether (sulfide) groups is 1. The fourth-order valence-corrected chi connectivity index (χ4v) is 3.26. The fraction of sp³-hybridized carbons (Fsp3) is 0.412. The van der Waals surface area contributed by atoms with Crippen LogP contribution in [0.2, 0.25) is 0 Å². The number of para-hydroxylation sites is 1. The van der Waals surface area contributed by atoms with Crippen LogP contribution in [0.25, 0.3) is 10.9 Å². The normalized spacial score (nSPS) is 10.9. The Kier molecular flexibility index (Phi) is 5.23. The summed E-state index contributed by atoms with van der Waals surface area (Å²) in [5, 5.41) is 2.12. The molecule has 2 aromatic rings. The summed E-state index contributed by atoms with van der Waals surface area (Å²) in [6.07, 6.45) is 0. The van der Waals surface area contributed by atoms with E-state index in [1.54, 1.807) is 0 Å². The highest BCUT2D eigenvalue weighted by Crippen LogP contribution is 2.26. The van der Waals surface area contributed by atoms with Gasteiger partial charge in [0.05, 0.1) is 11.3 Å². The number of aromatic nitrogens is 1. The number of hydrogen-bond donors (Lipinski definition) is 0. The van der Waals surface area contributed by atoms with Crippen LogP contribution in [0.15, 0.2) is 29.3 Å². The monoisotopic (exact) mass is 302 g/mol. The Morgan fingerprint density at radius 3 is 2.57 bits per heavy atom. The van der Waals surface area contributed by atoms with Crippen LogP contribution in [-0.2, 0) is 4.79 Å². The molecule has 3 nitrogen and oxygen atoms in total. The van der Waals surface area contributed by atoms with Gasteiger partial charge in [-0.3, -0.25) is 4.79 Å². The molecule has 0 saturated heterocycles. The third-order valence-corrected chi connectivity index (χ3v) is 4.72. The van der Waals surface area contributed by atoms with Gasteiger partial charge in [-0.1, -0.05) is 30.0 Å². The van der Waals surface area contributed by atoms with Crippen molar-refractivity contribution in [3.8, 4) is 0 Å². The van der Waals surface area contributed by atoms with E-state index in [1.165, 1.54) is 17.3 Å². The predicted octanol–water partition coefficient (Wildman–Crippen LogP) is 3.81. The van der Waals surface area contributed by atoms with E-state index in [2.05, 4.69) is 38.1 Å². The Labute approximate surface area is 130 Å². The van der Waals surface area contributed by atoms with Crippen LogP contribution >= 0.6 is 11.8 Å². The molecule has 0 radical (unpaired) electrons. The zero-order valence-electron chi connectivity index (χ0n) is 13.1. The molecule has 0 bridgehead atoms. The largest absolute Gasteiger partial charge is 0.343 e. The summed E-state index contributed by atoms with van der Waals surface area (Å²) in [5.74, 6) is 0.628. The zero-order chi connectivity index (χ0) is 15.4. The molecule has 0 spiro atoms. The molecule has 0 aliphatic heterocycles. The minimum Gasteiger partial charge on any atom is -0.343 e. The van der Waals surface area contributed by atoms with Crippen molar-refractivity contribution in [2.75, 3.05) is 18.8 Å². The smallest absolute Gasteiger partial charge is 0.232 e. The standard InChI is InChI=1S/C17H22N2OS/c1-5-19(6-2)15(20)11-21-17-13(4)10-14-9-7-8-12(3)16(14)18-17/h7-10H,5-6,11H2,1-4H3. The van der Waals surface area contributed by atoms with E-state index in [1.807, 2.05) is 18.7 Å². The van der Waals surface area contributed by atoms with Crippen LogP contribution in [0.4, 0.5) is 0 Å². The van der Waals surface area contributed by atoms with Crippen LogP contribution in [0, 0.1) is 13.8 Å². The molecule has 0 atom stereocenters. The lowest BCUT2D eigenvalue weighted by atomic mass is 10.1. The molecule has 0 N–H and O–H groups in total. The first-order chi connectivity index (χ1) is 10.1. The van der Waals surface area contributed by atoms with Crippen LogP contribution in [0.1, 0.15) is 25.0 Å². The van der Waals surface area contributed by atoms with E-state index in [0.717, 1.165) is 34.6 Å². The molecule has 0 aliphatic rings. The summed E-state index contributed by atoms with van der Waals surface area (Å²) in [6.45, 7) is 9.67. The molecule has 2 rings (SSSR count). The number of hydrogen-bond acceptors (Lipinski definition) is 3. The predicted molar refractivity (Wildman–Crippen MR) is 89.9 cm³/mol. The first-order valence-electron chi connectivity index (χ1n) is 7.34. The highest BCUT2D eigenvalue weighted by molar-refractivity contribution is 7.99. The van der Waals surface area contributed by atoms with Crippen molar-refractivity contribution in [3.05, 3.63) is 35.4 Å². The van der Waals surface area contributed by atoms with Gasteiger partial charge in [-0.25, -0.2) is 4.98 Å². The van der Waals surface area contributed by atoms with Gasteiger partial charge >= 0.3 is 0 Å². The van der Waals surface area contributed by atoms with E-state index in [-0.39, 0.29) is 5.91 Å². The molecule has 21 heavy (non-hydrogen) atoms. The molecular weight excluding hydrogens is 280 g/mol. The van der Waals surface area contributed by atoms with E-state index < -0.39 is 0 Å². The van der Waals surface area contributed by atoms with Gasteiger partial charge in [-0.05, 0) is 44.9 Å². The quantitative estimate of drug-likeness (QED) is 0.787. The number of amides is 1. The molecular formula is C17H22N2OS. The second-order valence-corrected chi connectivity index (χ2v) is 6.08. The summed E-state index contributed by atoms with van der Waals surface area (Å²) in [4.78, 5) is 18.7. The van der Waals surface area contributed by atoms with Crippen molar-refractivity contribution in [1.82, 2.24) is 9.88 Å². The van der Waals surface area contributed by atoms with Gasteiger partial charge in [0.15, 0.2) is 0 Å². The van der Waals surface area contributed by atoms with Crippen molar-refractivity contribution in [2.24, 2.45) is 0 Å². The van der Waals surface area contributed by atoms with Crippen molar-refractivity contribution in [1.29, 1.82) is 0 Å². The van der Waals surface area contributed by atoms with Crippen molar-refractivity contribution in [3.63, 3.8) is 0 Å². The molecule has 1 amide bonds. The second kappa shape index (κ2) is 6.94. The Morgan fingerprint density at radius 2 is 1.90 bits per heavy atom. The number of fused-ring (bicyclic) bond motifs is 1. The number of carbonyl (C=O) groups excluding carboxylic acids is 1.